The van der Waals surface area contributed by atoms with Crippen LogP contribution in [-0.4, -0.2) is 35.4 Å². The van der Waals surface area contributed by atoms with Crippen LogP contribution in [0.2, 0.25) is 0 Å². The molecule has 0 aromatic carbocycles. The van der Waals surface area contributed by atoms with Crippen molar-refractivity contribution < 1.29 is 13.9 Å². The SMILES string of the molecule is Cc1ccc(C=CC(=O)N(CC2CCCO2)c2ccnnc2)o1. The first kappa shape index (κ1) is 15.4. The molecule has 3 rings (SSSR count). The summed E-state index contributed by atoms with van der Waals surface area (Å²) in [5.74, 6) is 1.33. The van der Waals surface area contributed by atoms with Gasteiger partial charge in [-0.1, -0.05) is 0 Å². The van der Waals surface area contributed by atoms with E-state index in [1.807, 2.05) is 19.1 Å². The molecule has 2 aromatic rings. The molecule has 1 atom stereocenters. The number of hydrogen-bond donors (Lipinski definition) is 0. The lowest BCUT2D eigenvalue weighted by molar-refractivity contribution is -0.114. The lowest BCUT2D eigenvalue weighted by Crippen LogP contribution is -2.36. The van der Waals surface area contributed by atoms with E-state index in [4.69, 9.17) is 9.15 Å². The normalized spacial score (nSPS) is 17.7. The smallest absolute Gasteiger partial charge is 0.251 e. The quantitative estimate of drug-likeness (QED) is 0.794. The van der Waals surface area contributed by atoms with Crippen molar-refractivity contribution in [2.24, 2.45) is 0 Å². The van der Waals surface area contributed by atoms with Gasteiger partial charge in [0.05, 0.1) is 30.7 Å². The molecule has 120 valence electrons. The molecule has 1 aliphatic heterocycles. The summed E-state index contributed by atoms with van der Waals surface area (Å²) >= 11 is 0. The van der Waals surface area contributed by atoms with Crippen LogP contribution in [0.15, 0.2) is 41.1 Å². The van der Waals surface area contributed by atoms with Gasteiger partial charge in [-0.25, -0.2) is 0 Å². The fraction of sp³-hybridized carbons (Fsp3) is 0.353. The fourth-order valence-corrected chi connectivity index (χ4v) is 2.54. The third-order valence-corrected chi connectivity index (χ3v) is 3.71. The number of carbonyl (C=O) groups is 1. The molecule has 23 heavy (non-hydrogen) atoms. The molecule has 1 unspecified atom stereocenters. The molecule has 1 aliphatic rings. The second kappa shape index (κ2) is 7.19. The van der Waals surface area contributed by atoms with Crippen LogP contribution in [0, 0.1) is 6.92 Å². The van der Waals surface area contributed by atoms with Crippen molar-refractivity contribution in [3.05, 3.63) is 48.2 Å². The van der Waals surface area contributed by atoms with Crippen molar-refractivity contribution >= 4 is 17.7 Å². The summed E-state index contributed by atoms with van der Waals surface area (Å²) in [6, 6.07) is 5.46. The highest BCUT2D eigenvalue weighted by molar-refractivity contribution is 6.03. The average molecular weight is 313 g/mol. The number of aromatic nitrogens is 2. The first-order valence-corrected chi connectivity index (χ1v) is 7.67. The molecular weight excluding hydrogens is 294 g/mol. The zero-order valence-corrected chi connectivity index (χ0v) is 13.0. The van der Waals surface area contributed by atoms with Crippen LogP contribution in [0.25, 0.3) is 6.08 Å². The highest BCUT2D eigenvalue weighted by atomic mass is 16.5. The monoisotopic (exact) mass is 313 g/mol. The molecule has 0 aliphatic carbocycles. The Labute approximate surface area is 134 Å². The first-order valence-electron chi connectivity index (χ1n) is 7.67. The molecule has 0 radical (unpaired) electrons. The molecule has 1 saturated heterocycles. The van der Waals surface area contributed by atoms with E-state index < -0.39 is 0 Å². The lowest BCUT2D eigenvalue weighted by atomic mass is 10.2. The molecule has 0 bridgehead atoms. The number of furan rings is 1. The van der Waals surface area contributed by atoms with Crippen molar-refractivity contribution in [2.75, 3.05) is 18.1 Å². The van der Waals surface area contributed by atoms with Gasteiger partial charge in [0, 0.05) is 12.7 Å². The van der Waals surface area contributed by atoms with Crippen LogP contribution in [0.3, 0.4) is 0 Å². The molecule has 0 saturated carbocycles. The summed E-state index contributed by atoms with van der Waals surface area (Å²) in [5.41, 5.74) is 0.709. The third kappa shape index (κ3) is 4.04. The van der Waals surface area contributed by atoms with Crippen LogP contribution < -0.4 is 4.90 Å². The number of hydrogen-bond acceptors (Lipinski definition) is 5. The van der Waals surface area contributed by atoms with Gasteiger partial charge in [-0.15, -0.1) is 0 Å². The van der Waals surface area contributed by atoms with Gasteiger partial charge in [-0.3, -0.25) is 4.79 Å². The largest absolute Gasteiger partial charge is 0.462 e. The summed E-state index contributed by atoms with van der Waals surface area (Å²) in [6.45, 7) is 3.13. The van der Waals surface area contributed by atoms with E-state index in [1.165, 1.54) is 6.08 Å². The van der Waals surface area contributed by atoms with Gasteiger partial charge in [-0.2, -0.15) is 10.2 Å². The Morgan fingerprint density at radius 1 is 1.39 bits per heavy atom. The van der Waals surface area contributed by atoms with E-state index in [1.54, 1.807) is 29.4 Å². The van der Waals surface area contributed by atoms with E-state index in [0.717, 1.165) is 25.2 Å². The number of amides is 1. The molecule has 1 amide bonds. The number of nitrogens with zero attached hydrogens (tertiary/aromatic N) is 3. The maximum Gasteiger partial charge on any atom is 0.251 e. The fourth-order valence-electron chi connectivity index (χ4n) is 2.54. The maximum atomic E-state index is 12.6. The first-order chi connectivity index (χ1) is 11.2. The Balaban J connectivity index is 1.76. The molecule has 6 heteroatoms. The van der Waals surface area contributed by atoms with Gasteiger partial charge in [0.25, 0.3) is 5.91 Å². The topological polar surface area (TPSA) is 68.5 Å². The Hall–Kier alpha value is -2.47. The van der Waals surface area contributed by atoms with Crippen molar-refractivity contribution in [1.82, 2.24) is 10.2 Å². The number of carbonyl (C=O) groups excluding carboxylic acids is 1. The Morgan fingerprint density at radius 3 is 2.96 bits per heavy atom. The molecule has 0 N–H and O–H groups in total. The zero-order valence-electron chi connectivity index (χ0n) is 13.0. The van der Waals surface area contributed by atoms with Crippen molar-refractivity contribution in [3.63, 3.8) is 0 Å². The van der Waals surface area contributed by atoms with E-state index in [2.05, 4.69) is 10.2 Å². The number of rotatable bonds is 5. The van der Waals surface area contributed by atoms with Gasteiger partial charge in [0.2, 0.25) is 0 Å². The van der Waals surface area contributed by atoms with E-state index in [0.29, 0.717) is 18.0 Å². The van der Waals surface area contributed by atoms with Crippen molar-refractivity contribution in [1.29, 1.82) is 0 Å². The molecule has 2 aromatic heterocycles. The predicted octanol–water partition coefficient (Wildman–Crippen LogP) is 2.60. The van der Waals surface area contributed by atoms with Crippen LogP contribution in [0.5, 0.6) is 0 Å². The third-order valence-electron chi connectivity index (χ3n) is 3.71. The lowest BCUT2D eigenvalue weighted by Gasteiger charge is -2.23. The average Bonchev–Trinajstić information content (AvgIpc) is 3.23. The van der Waals surface area contributed by atoms with Crippen LogP contribution >= 0.6 is 0 Å². The van der Waals surface area contributed by atoms with Gasteiger partial charge >= 0.3 is 0 Å². The summed E-state index contributed by atoms with van der Waals surface area (Å²) in [5, 5.41) is 7.62. The second-order valence-electron chi connectivity index (χ2n) is 5.47. The van der Waals surface area contributed by atoms with Crippen LogP contribution in [-0.2, 0) is 9.53 Å². The highest BCUT2D eigenvalue weighted by Crippen LogP contribution is 2.19. The summed E-state index contributed by atoms with van der Waals surface area (Å²) in [6.07, 6.45) is 8.39. The molecule has 6 nitrogen and oxygen atoms in total. The van der Waals surface area contributed by atoms with Crippen LogP contribution in [0.1, 0.15) is 24.4 Å². The minimum absolute atomic E-state index is 0.0615. The van der Waals surface area contributed by atoms with Crippen LogP contribution in [0.4, 0.5) is 5.69 Å². The summed E-state index contributed by atoms with van der Waals surface area (Å²) < 4.78 is 11.1. The molecule has 0 spiro atoms. The second-order valence-corrected chi connectivity index (χ2v) is 5.47. The van der Waals surface area contributed by atoms with Crippen molar-refractivity contribution in [2.45, 2.75) is 25.9 Å². The van der Waals surface area contributed by atoms with Gasteiger partial charge in [0.15, 0.2) is 0 Å². The number of anilines is 1. The summed E-state index contributed by atoms with van der Waals surface area (Å²) in [7, 11) is 0. The number of aryl methyl sites for hydroxylation is 1. The minimum Gasteiger partial charge on any atom is -0.462 e. The predicted molar refractivity (Wildman–Crippen MR) is 85.8 cm³/mol. The van der Waals surface area contributed by atoms with Gasteiger partial charge in [-0.05, 0) is 44.0 Å². The van der Waals surface area contributed by atoms with Crippen molar-refractivity contribution in [3.8, 4) is 0 Å². The maximum absolute atomic E-state index is 12.6. The molecule has 3 heterocycles. The van der Waals surface area contributed by atoms with E-state index >= 15 is 0 Å². The minimum atomic E-state index is -0.137. The summed E-state index contributed by atoms with van der Waals surface area (Å²) in [4.78, 5) is 14.3. The highest BCUT2D eigenvalue weighted by Gasteiger charge is 2.23. The molecule has 1 fully saturated rings. The van der Waals surface area contributed by atoms with Gasteiger partial charge < -0.3 is 14.1 Å². The Kier molecular flexibility index (Phi) is 4.83. The standard InChI is InChI=1S/C17H19N3O3/c1-13-4-5-15(23-13)6-7-17(21)20(12-16-3-2-10-22-16)14-8-9-18-19-11-14/h4-9,11,16H,2-3,10,12H2,1H3. The Morgan fingerprint density at radius 2 is 2.30 bits per heavy atom. The zero-order chi connectivity index (χ0) is 16.1. The van der Waals surface area contributed by atoms with Gasteiger partial charge in [0.1, 0.15) is 11.5 Å². The molecular formula is C17H19N3O3. The Bertz CT molecular complexity index is 675. The number of ether oxygens (including phenoxy) is 1. The van der Waals surface area contributed by atoms with E-state index in [-0.39, 0.29) is 12.0 Å². The van der Waals surface area contributed by atoms with E-state index in [9.17, 15) is 4.79 Å².